The molecule has 0 bridgehead atoms. The second-order valence-corrected chi connectivity index (χ2v) is 7.33. The van der Waals surface area contributed by atoms with Crippen LogP contribution in [-0.4, -0.2) is 17.0 Å². The molecule has 2 rings (SSSR count). The lowest BCUT2D eigenvalue weighted by Gasteiger charge is -2.44. The molecule has 1 N–H and O–H groups in total. The summed E-state index contributed by atoms with van der Waals surface area (Å²) in [4.78, 5) is 10.8. The monoisotopic (exact) mass is 318 g/mol. The summed E-state index contributed by atoms with van der Waals surface area (Å²) >= 11 is 0. The van der Waals surface area contributed by atoms with Gasteiger partial charge >= 0.3 is 0 Å². The molecule has 1 aromatic rings. The number of benzene rings is 1. The van der Waals surface area contributed by atoms with Gasteiger partial charge in [0.1, 0.15) is 23.4 Å². The number of carbonyl (C=O) groups is 1. The molecule has 1 aliphatic rings. The molecular weight excluding hydrogens is 288 g/mol. The largest absolute Gasteiger partial charge is 0.508 e. The normalized spacial score (nSPS) is 22.3. The van der Waals surface area contributed by atoms with Gasteiger partial charge < -0.3 is 14.6 Å². The predicted molar refractivity (Wildman–Crippen MR) is 93.2 cm³/mol. The van der Waals surface area contributed by atoms with Gasteiger partial charge in [0.15, 0.2) is 0 Å². The number of rotatable bonds is 7. The van der Waals surface area contributed by atoms with Crippen LogP contribution in [0.1, 0.15) is 76.8 Å². The van der Waals surface area contributed by atoms with Crippen LogP contribution in [-0.2, 0) is 11.2 Å². The average molecular weight is 318 g/mol. The Morgan fingerprint density at radius 1 is 1.30 bits per heavy atom. The Kier molecular flexibility index (Phi) is 5.72. The maximum atomic E-state index is 10.8. The van der Waals surface area contributed by atoms with E-state index in [1.165, 1.54) is 12.8 Å². The third-order valence-electron chi connectivity index (χ3n) is 5.17. The molecular formula is C20H30O3. The summed E-state index contributed by atoms with van der Waals surface area (Å²) in [5.74, 6) is 1.56. The first-order valence-corrected chi connectivity index (χ1v) is 8.89. The third kappa shape index (κ3) is 3.88. The number of unbranched alkanes of at least 4 members (excludes halogenated alkanes) is 2. The number of fused-ring (bicyclic) bond motifs is 1. The second-order valence-electron chi connectivity index (χ2n) is 7.33. The molecule has 3 nitrogen and oxygen atoms in total. The van der Waals surface area contributed by atoms with E-state index in [9.17, 15) is 9.90 Å². The van der Waals surface area contributed by atoms with Crippen LogP contribution in [0.25, 0.3) is 0 Å². The standard InChI is InChI=1S/C20H30O3/c1-5-6-7-9-15-12-17(22)19-14(2)16(10-8-11-21)20(3,4)23-18(19)13-15/h11-14,16,22H,5-10H2,1-4H3. The van der Waals surface area contributed by atoms with Crippen molar-refractivity contribution in [1.29, 1.82) is 0 Å². The van der Waals surface area contributed by atoms with Crippen molar-refractivity contribution in [2.75, 3.05) is 0 Å². The number of phenolic OH excluding ortho intramolecular Hbond substituents is 1. The third-order valence-corrected chi connectivity index (χ3v) is 5.17. The minimum atomic E-state index is -0.329. The van der Waals surface area contributed by atoms with E-state index < -0.39 is 0 Å². The molecule has 0 fully saturated rings. The molecule has 0 aromatic heterocycles. The summed E-state index contributed by atoms with van der Waals surface area (Å²) in [6, 6.07) is 3.99. The second kappa shape index (κ2) is 7.37. The summed E-state index contributed by atoms with van der Waals surface area (Å²) in [5, 5.41) is 10.5. The molecule has 0 spiro atoms. The molecule has 2 atom stereocenters. The number of hydrogen-bond donors (Lipinski definition) is 1. The van der Waals surface area contributed by atoms with E-state index in [-0.39, 0.29) is 17.4 Å². The van der Waals surface area contributed by atoms with Crippen molar-refractivity contribution in [3.8, 4) is 11.5 Å². The Morgan fingerprint density at radius 2 is 2.04 bits per heavy atom. The number of phenols is 1. The molecule has 1 aliphatic heterocycles. The van der Waals surface area contributed by atoms with Crippen LogP contribution in [0.4, 0.5) is 0 Å². The van der Waals surface area contributed by atoms with Crippen LogP contribution in [0.15, 0.2) is 12.1 Å². The first kappa shape index (κ1) is 17.8. The lowest BCUT2D eigenvalue weighted by molar-refractivity contribution is -0.108. The summed E-state index contributed by atoms with van der Waals surface area (Å²) in [6.45, 7) is 8.50. The van der Waals surface area contributed by atoms with Crippen molar-refractivity contribution < 1.29 is 14.6 Å². The summed E-state index contributed by atoms with van der Waals surface area (Å²) in [6.07, 6.45) is 6.79. The highest BCUT2D eigenvalue weighted by atomic mass is 16.5. The minimum Gasteiger partial charge on any atom is -0.508 e. The van der Waals surface area contributed by atoms with E-state index in [2.05, 4.69) is 33.8 Å². The molecule has 0 saturated heterocycles. The Labute approximate surface area is 140 Å². The van der Waals surface area contributed by atoms with Crippen LogP contribution in [0.5, 0.6) is 11.5 Å². The lowest BCUT2D eigenvalue weighted by Crippen LogP contribution is -2.44. The molecule has 0 saturated carbocycles. The molecule has 0 amide bonds. The van der Waals surface area contributed by atoms with Crippen molar-refractivity contribution in [3.05, 3.63) is 23.3 Å². The van der Waals surface area contributed by atoms with Crippen LogP contribution in [0, 0.1) is 5.92 Å². The first-order chi connectivity index (χ1) is 10.9. The molecule has 0 aliphatic carbocycles. The average Bonchev–Trinajstić information content (AvgIpc) is 2.45. The summed E-state index contributed by atoms with van der Waals surface area (Å²) in [5.41, 5.74) is 1.72. The van der Waals surface area contributed by atoms with Crippen LogP contribution < -0.4 is 4.74 Å². The van der Waals surface area contributed by atoms with E-state index in [4.69, 9.17) is 4.74 Å². The zero-order valence-electron chi connectivity index (χ0n) is 14.9. The topological polar surface area (TPSA) is 46.5 Å². The number of carbonyl (C=O) groups excluding carboxylic acids is 1. The maximum Gasteiger partial charge on any atom is 0.127 e. The number of ether oxygens (including phenoxy) is 1. The van der Waals surface area contributed by atoms with Gasteiger partial charge in [-0.3, -0.25) is 0 Å². The first-order valence-electron chi connectivity index (χ1n) is 8.89. The molecule has 1 aromatic carbocycles. The van der Waals surface area contributed by atoms with Gasteiger partial charge in [0.2, 0.25) is 0 Å². The van der Waals surface area contributed by atoms with Gasteiger partial charge in [-0.25, -0.2) is 0 Å². The van der Waals surface area contributed by atoms with E-state index in [1.807, 2.05) is 6.07 Å². The zero-order chi connectivity index (χ0) is 17.0. The Hall–Kier alpha value is -1.51. The predicted octanol–water partition coefficient (Wildman–Crippen LogP) is 4.99. The van der Waals surface area contributed by atoms with Crippen LogP contribution >= 0.6 is 0 Å². The Morgan fingerprint density at radius 3 is 2.70 bits per heavy atom. The van der Waals surface area contributed by atoms with Crippen molar-refractivity contribution in [3.63, 3.8) is 0 Å². The number of aldehydes is 1. The van der Waals surface area contributed by atoms with Crippen LogP contribution in [0.3, 0.4) is 0 Å². The summed E-state index contributed by atoms with van der Waals surface area (Å²) < 4.78 is 6.25. The van der Waals surface area contributed by atoms with E-state index in [1.54, 1.807) is 0 Å². The van der Waals surface area contributed by atoms with Gasteiger partial charge in [0.25, 0.3) is 0 Å². The Bertz CT molecular complexity index is 548. The number of hydrogen-bond acceptors (Lipinski definition) is 3. The van der Waals surface area contributed by atoms with Crippen LogP contribution in [0.2, 0.25) is 0 Å². The fourth-order valence-corrected chi connectivity index (χ4v) is 3.94. The molecule has 3 heteroatoms. The van der Waals surface area contributed by atoms with Crippen molar-refractivity contribution in [1.82, 2.24) is 0 Å². The highest BCUT2D eigenvalue weighted by molar-refractivity contribution is 5.52. The minimum absolute atomic E-state index is 0.179. The smallest absolute Gasteiger partial charge is 0.127 e. The highest BCUT2D eigenvalue weighted by Gasteiger charge is 2.42. The van der Waals surface area contributed by atoms with Crippen molar-refractivity contribution in [2.24, 2.45) is 5.92 Å². The number of aromatic hydroxyl groups is 1. The van der Waals surface area contributed by atoms with Crippen molar-refractivity contribution in [2.45, 2.75) is 77.7 Å². The summed E-state index contributed by atoms with van der Waals surface area (Å²) in [7, 11) is 0. The van der Waals surface area contributed by atoms with Gasteiger partial charge in [0, 0.05) is 17.9 Å². The maximum absolute atomic E-state index is 10.8. The number of aryl methyl sites for hydroxylation is 1. The van der Waals surface area contributed by atoms with E-state index >= 15 is 0 Å². The molecule has 1 heterocycles. The SMILES string of the molecule is CCCCCc1cc(O)c2c(c1)OC(C)(C)C(CCC=O)C2C. The zero-order valence-corrected chi connectivity index (χ0v) is 14.9. The van der Waals surface area contributed by atoms with Gasteiger partial charge in [-0.2, -0.15) is 0 Å². The fourth-order valence-electron chi connectivity index (χ4n) is 3.94. The van der Waals surface area contributed by atoms with Gasteiger partial charge in [-0.15, -0.1) is 0 Å². The fraction of sp³-hybridized carbons (Fsp3) is 0.650. The van der Waals surface area contributed by atoms with E-state index in [0.29, 0.717) is 12.2 Å². The Balaban J connectivity index is 2.30. The molecule has 128 valence electrons. The lowest BCUT2D eigenvalue weighted by atomic mass is 9.72. The van der Waals surface area contributed by atoms with Gasteiger partial charge in [0.05, 0.1) is 0 Å². The van der Waals surface area contributed by atoms with E-state index in [0.717, 1.165) is 42.4 Å². The van der Waals surface area contributed by atoms with Gasteiger partial charge in [-0.1, -0.05) is 26.7 Å². The quantitative estimate of drug-likeness (QED) is 0.569. The molecule has 2 unspecified atom stereocenters. The van der Waals surface area contributed by atoms with Crippen molar-refractivity contribution >= 4 is 6.29 Å². The van der Waals surface area contributed by atoms with Gasteiger partial charge in [-0.05, 0) is 56.7 Å². The molecule has 0 radical (unpaired) electrons. The molecule has 23 heavy (non-hydrogen) atoms. The highest BCUT2D eigenvalue weighted by Crippen LogP contribution is 2.50.